The summed E-state index contributed by atoms with van der Waals surface area (Å²) >= 11 is 0. The zero-order valence-corrected chi connectivity index (χ0v) is 17.2. The van der Waals surface area contributed by atoms with E-state index in [1.807, 2.05) is 35.2 Å². The molecule has 0 bridgehead atoms. The maximum absolute atomic E-state index is 13.5. The molecule has 1 saturated heterocycles. The summed E-state index contributed by atoms with van der Waals surface area (Å²) in [4.78, 5) is 32.4. The average Bonchev–Trinajstić information content (AvgIpc) is 3.03. The van der Waals surface area contributed by atoms with Gasteiger partial charge in [-0.2, -0.15) is 0 Å². The molecule has 0 N–H and O–H groups in total. The van der Waals surface area contributed by atoms with E-state index in [9.17, 15) is 14.0 Å². The van der Waals surface area contributed by atoms with Crippen LogP contribution in [0.25, 0.3) is 5.57 Å². The summed E-state index contributed by atoms with van der Waals surface area (Å²) in [7, 11) is 0. The molecule has 1 fully saturated rings. The van der Waals surface area contributed by atoms with Crippen LogP contribution in [0.1, 0.15) is 18.1 Å². The van der Waals surface area contributed by atoms with Gasteiger partial charge < -0.3 is 9.80 Å². The number of rotatable bonds is 6. The predicted molar refractivity (Wildman–Crippen MR) is 114 cm³/mol. The van der Waals surface area contributed by atoms with Crippen LogP contribution < -0.4 is 0 Å². The molecule has 4 rings (SSSR count). The van der Waals surface area contributed by atoms with E-state index in [4.69, 9.17) is 0 Å². The average molecular weight is 407 g/mol. The number of benzene rings is 2. The number of nitrogens with zero attached hydrogens (tertiary/aromatic N) is 3. The molecule has 2 heterocycles. The Kier molecular flexibility index (Phi) is 5.95. The van der Waals surface area contributed by atoms with Gasteiger partial charge in [-0.1, -0.05) is 49.4 Å². The first-order valence-corrected chi connectivity index (χ1v) is 10.5. The molecule has 30 heavy (non-hydrogen) atoms. The van der Waals surface area contributed by atoms with Crippen LogP contribution in [-0.2, 0) is 16.0 Å². The Hall–Kier alpha value is -2.99. The van der Waals surface area contributed by atoms with Crippen LogP contribution in [0.2, 0.25) is 0 Å². The van der Waals surface area contributed by atoms with Gasteiger partial charge in [0.05, 0.1) is 5.57 Å². The number of amides is 2. The fourth-order valence-corrected chi connectivity index (χ4v) is 4.11. The van der Waals surface area contributed by atoms with E-state index in [0.717, 1.165) is 25.2 Å². The summed E-state index contributed by atoms with van der Waals surface area (Å²) in [5, 5.41) is 0. The third kappa shape index (κ3) is 4.00. The van der Waals surface area contributed by atoms with Crippen molar-refractivity contribution in [3.8, 4) is 0 Å². The van der Waals surface area contributed by atoms with Crippen molar-refractivity contribution < 1.29 is 14.0 Å². The molecule has 2 amide bonds. The molecule has 0 radical (unpaired) electrons. The van der Waals surface area contributed by atoms with Crippen LogP contribution >= 0.6 is 0 Å². The fourth-order valence-electron chi connectivity index (χ4n) is 4.11. The molecule has 2 aromatic carbocycles. The molecule has 0 spiro atoms. The van der Waals surface area contributed by atoms with Crippen LogP contribution in [0, 0.1) is 5.82 Å². The van der Waals surface area contributed by atoms with Gasteiger partial charge >= 0.3 is 0 Å². The molecule has 0 aromatic heterocycles. The number of hydrogen-bond acceptors (Lipinski definition) is 4. The van der Waals surface area contributed by atoms with Crippen LogP contribution in [0.3, 0.4) is 0 Å². The van der Waals surface area contributed by atoms with Gasteiger partial charge in [-0.15, -0.1) is 0 Å². The van der Waals surface area contributed by atoms with Crippen molar-refractivity contribution in [3.63, 3.8) is 0 Å². The summed E-state index contributed by atoms with van der Waals surface area (Å²) in [5.41, 5.74) is 2.50. The van der Waals surface area contributed by atoms with Crippen molar-refractivity contribution in [2.24, 2.45) is 0 Å². The monoisotopic (exact) mass is 407 g/mol. The first-order valence-electron chi connectivity index (χ1n) is 10.5. The quantitative estimate of drug-likeness (QED) is 0.691. The van der Waals surface area contributed by atoms with E-state index in [0.29, 0.717) is 42.9 Å². The number of hydrogen-bond donors (Lipinski definition) is 0. The second kappa shape index (κ2) is 8.79. The highest BCUT2D eigenvalue weighted by atomic mass is 19.1. The van der Waals surface area contributed by atoms with Crippen LogP contribution in [-0.4, -0.2) is 65.8 Å². The minimum Gasteiger partial charge on any atom is -0.364 e. The standard InChI is InChI=1S/C24H26FN3O2/c1-2-26-14-16-27(17-15-26)22-21(19-8-10-20(25)11-9-19)23(29)28(24(22)30)13-12-18-6-4-3-5-7-18/h3-11H,2,12-17H2,1H3. The second-order valence-electron chi connectivity index (χ2n) is 7.65. The van der Waals surface area contributed by atoms with Crippen molar-refractivity contribution in [2.45, 2.75) is 13.3 Å². The normalized spacial score (nSPS) is 17.9. The predicted octanol–water partition coefficient (Wildman–Crippen LogP) is 2.79. The summed E-state index contributed by atoms with van der Waals surface area (Å²) < 4.78 is 13.5. The molecule has 0 aliphatic carbocycles. The lowest BCUT2D eigenvalue weighted by Crippen LogP contribution is -2.47. The molecule has 156 valence electrons. The van der Waals surface area contributed by atoms with Gasteiger partial charge in [0.15, 0.2) is 0 Å². The van der Waals surface area contributed by atoms with Gasteiger partial charge in [0.2, 0.25) is 0 Å². The van der Waals surface area contributed by atoms with Crippen LogP contribution in [0.15, 0.2) is 60.3 Å². The molecule has 6 heteroatoms. The smallest absolute Gasteiger partial charge is 0.277 e. The van der Waals surface area contributed by atoms with Gasteiger partial charge in [-0.05, 0) is 36.2 Å². The molecule has 2 aromatic rings. The molecular weight excluding hydrogens is 381 g/mol. The van der Waals surface area contributed by atoms with E-state index in [1.165, 1.54) is 17.0 Å². The molecule has 2 aliphatic heterocycles. The van der Waals surface area contributed by atoms with E-state index in [-0.39, 0.29) is 17.6 Å². The number of carbonyl (C=O) groups is 2. The lowest BCUT2D eigenvalue weighted by molar-refractivity contribution is -0.137. The van der Waals surface area contributed by atoms with Gasteiger partial charge in [0, 0.05) is 32.7 Å². The Morgan fingerprint density at radius 2 is 1.53 bits per heavy atom. The van der Waals surface area contributed by atoms with E-state index in [1.54, 1.807) is 12.1 Å². The molecule has 5 nitrogen and oxygen atoms in total. The molecule has 0 atom stereocenters. The Morgan fingerprint density at radius 1 is 0.867 bits per heavy atom. The first-order chi connectivity index (χ1) is 14.6. The SMILES string of the molecule is CCN1CCN(C2=C(c3ccc(F)cc3)C(=O)N(CCc3ccccc3)C2=O)CC1. The highest BCUT2D eigenvalue weighted by Crippen LogP contribution is 2.32. The number of imide groups is 1. The zero-order valence-electron chi connectivity index (χ0n) is 17.2. The van der Waals surface area contributed by atoms with Crippen LogP contribution in [0.4, 0.5) is 4.39 Å². The largest absolute Gasteiger partial charge is 0.364 e. The van der Waals surface area contributed by atoms with Gasteiger partial charge in [-0.3, -0.25) is 14.5 Å². The Morgan fingerprint density at radius 3 is 2.17 bits per heavy atom. The van der Waals surface area contributed by atoms with E-state index in [2.05, 4.69) is 11.8 Å². The minimum absolute atomic E-state index is 0.250. The van der Waals surface area contributed by atoms with Crippen molar-refractivity contribution in [3.05, 3.63) is 77.2 Å². The zero-order chi connectivity index (χ0) is 21.1. The molecular formula is C24H26FN3O2. The highest BCUT2D eigenvalue weighted by Gasteiger charge is 2.41. The lowest BCUT2D eigenvalue weighted by Gasteiger charge is -2.36. The van der Waals surface area contributed by atoms with Crippen molar-refractivity contribution in [1.29, 1.82) is 0 Å². The highest BCUT2D eigenvalue weighted by molar-refractivity contribution is 6.35. The third-order valence-electron chi connectivity index (χ3n) is 5.88. The van der Waals surface area contributed by atoms with Gasteiger partial charge in [0.1, 0.15) is 11.5 Å². The van der Waals surface area contributed by atoms with Crippen molar-refractivity contribution in [1.82, 2.24) is 14.7 Å². The summed E-state index contributed by atoms with van der Waals surface area (Å²) in [5.74, 6) is -0.911. The molecule has 0 unspecified atom stereocenters. The number of piperazine rings is 1. The second-order valence-corrected chi connectivity index (χ2v) is 7.65. The van der Waals surface area contributed by atoms with E-state index >= 15 is 0 Å². The number of likely N-dealkylation sites (N-methyl/N-ethyl adjacent to an activating group) is 1. The topological polar surface area (TPSA) is 43.9 Å². The van der Waals surface area contributed by atoms with Gasteiger partial charge in [0.25, 0.3) is 11.8 Å². The number of halogens is 1. The lowest BCUT2D eigenvalue weighted by atomic mass is 10.0. The third-order valence-corrected chi connectivity index (χ3v) is 5.88. The summed E-state index contributed by atoms with van der Waals surface area (Å²) in [6.07, 6.45) is 0.603. The maximum Gasteiger partial charge on any atom is 0.277 e. The Bertz CT molecular complexity index is 948. The van der Waals surface area contributed by atoms with Crippen molar-refractivity contribution >= 4 is 17.4 Å². The maximum atomic E-state index is 13.5. The molecule has 2 aliphatic rings. The summed E-state index contributed by atoms with van der Waals surface area (Å²) in [6, 6.07) is 15.6. The van der Waals surface area contributed by atoms with Crippen molar-refractivity contribution in [2.75, 3.05) is 39.3 Å². The first kappa shape index (κ1) is 20.3. The summed E-state index contributed by atoms with van der Waals surface area (Å²) in [6.45, 7) is 6.50. The Labute approximate surface area is 176 Å². The van der Waals surface area contributed by atoms with E-state index < -0.39 is 0 Å². The van der Waals surface area contributed by atoms with Gasteiger partial charge in [-0.25, -0.2) is 4.39 Å². The van der Waals surface area contributed by atoms with Crippen LogP contribution in [0.5, 0.6) is 0 Å². The number of carbonyl (C=O) groups excluding carboxylic acids is 2. The minimum atomic E-state index is -0.366. The fraction of sp³-hybridized carbons (Fsp3) is 0.333. The Balaban J connectivity index is 1.63. The molecule has 0 saturated carbocycles.